The predicted octanol–water partition coefficient (Wildman–Crippen LogP) is 2.27. The van der Waals surface area contributed by atoms with Crippen molar-refractivity contribution >= 4 is 16.5 Å². The van der Waals surface area contributed by atoms with Crippen LogP contribution in [0.2, 0.25) is 0 Å². The molecule has 122 valence electrons. The van der Waals surface area contributed by atoms with Gasteiger partial charge >= 0.3 is 0 Å². The van der Waals surface area contributed by atoms with Crippen LogP contribution in [0.25, 0.3) is 22.2 Å². The Morgan fingerprint density at radius 2 is 1.92 bits per heavy atom. The zero-order valence-corrected chi connectivity index (χ0v) is 13.5. The second-order valence-electron chi connectivity index (χ2n) is 5.50. The summed E-state index contributed by atoms with van der Waals surface area (Å²) in [7, 11) is 0. The van der Waals surface area contributed by atoms with Gasteiger partial charge in [-0.05, 0) is 30.0 Å². The first-order chi connectivity index (χ1) is 11.7. The number of aryl methyl sites for hydroxylation is 1. The van der Waals surface area contributed by atoms with Crippen LogP contribution in [0, 0.1) is 0 Å². The van der Waals surface area contributed by atoms with Gasteiger partial charge in [-0.2, -0.15) is 0 Å². The minimum Gasteiger partial charge on any atom is -0.397 e. The number of rotatable bonds is 4. The third kappa shape index (κ3) is 2.66. The Morgan fingerprint density at radius 3 is 2.58 bits per heavy atom. The monoisotopic (exact) mass is 320 g/mol. The van der Waals surface area contributed by atoms with Crippen molar-refractivity contribution in [2.24, 2.45) is 11.6 Å². The van der Waals surface area contributed by atoms with Gasteiger partial charge in [0, 0.05) is 23.1 Å². The lowest BCUT2D eigenvalue weighted by Gasteiger charge is -2.15. The average molecular weight is 320 g/mol. The summed E-state index contributed by atoms with van der Waals surface area (Å²) in [6.07, 6.45) is 2.23. The molecule has 1 aromatic heterocycles. The summed E-state index contributed by atoms with van der Waals surface area (Å²) in [5.41, 5.74) is 11.3. The van der Waals surface area contributed by atoms with Crippen LogP contribution in [-0.2, 0) is 6.42 Å². The summed E-state index contributed by atoms with van der Waals surface area (Å²) in [5.74, 6) is 5.33. The molecule has 0 bridgehead atoms. The summed E-state index contributed by atoms with van der Waals surface area (Å²) in [6, 6.07) is 17.3. The topological polar surface area (TPSA) is 86.1 Å². The van der Waals surface area contributed by atoms with Crippen LogP contribution >= 0.6 is 0 Å². The van der Waals surface area contributed by atoms with Gasteiger partial charge in [-0.3, -0.25) is 15.2 Å². The number of nitrogens with zero attached hydrogens (tertiary/aromatic N) is 1. The molecule has 0 spiro atoms. The molecule has 24 heavy (non-hydrogen) atoms. The molecule has 0 radical (unpaired) electrons. The normalized spacial score (nSPS) is 11.7. The van der Waals surface area contributed by atoms with Gasteiger partial charge in [0.2, 0.25) is 0 Å². The highest BCUT2D eigenvalue weighted by atomic mass is 16.1. The smallest absolute Gasteiger partial charge is 0.263 e. The third-order valence-corrected chi connectivity index (χ3v) is 4.05. The summed E-state index contributed by atoms with van der Waals surface area (Å²) in [4.78, 5) is 13.3. The SMILES string of the molecule is CCc1cc2cccc(/C(N)=C/NN)c2c(=O)n1-c1ccccc1. The van der Waals surface area contributed by atoms with Crippen molar-refractivity contribution in [2.45, 2.75) is 13.3 Å². The fraction of sp³-hybridized carbons (Fsp3) is 0.105. The van der Waals surface area contributed by atoms with E-state index in [0.717, 1.165) is 23.2 Å². The maximum Gasteiger partial charge on any atom is 0.263 e. The van der Waals surface area contributed by atoms with Crippen molar-refractivity contribution < 1.29 is 0 Å². The number of para-hydroxylation sites is 1. The Labute approximate surface area is 140 Å². The Bertz CT molecular complexity index is 958. The fourth-order valence-electron chi connectivity index (χ4n) is 2.94. The minimum absolute atomic E-state index is 0.0838. The molecule has 0 aliphatic carbocycles. The van der Waals surface area contributed by atoms with E-state index in [1.165, 1.54) is 6.20 Å². The molecule has 5 N–H and O–H groups in total. The van der Waals surface area contributed by atoms with E-state index in [2.05, 4.69) is 5.43 Å². The molecule has 0 aliphatic heterocycles. The first-order valence-electron chi connectivity index (χ1n) is 7.82. The molecule has 0 fully saturated rings. The highest BCUT2D eigenvalue weighted by Gasteiger charge is 2.14. The largest absolute Gasteiger partial charge is 0.397 e. The zero-order chi connectivity index (χ0) is 17.1. The summed E-state index contributed by atoms with van der Waals surface area (Å²) >= 11 is 0. The number of hydrazine groups is 1. The second kappa shape index (κ2) is 6.60. The van der Waals surface area contributed by atoms with Gasteiger partial charge in [0.15, 0.2) is 0 Å². The number of hydrogen-bond acceptors (Lipinski definition) is 4. The van der Waals surface area contributed by atoms with Gasteiger partial charge in [-0.1, -0.05) is 43.3 Å². The van der Waals surface area contributed by atoms with E-state index in [1.54, 1.807) is 4.57 Å². The Kier molecular flexibility index (Phi) is 4.35. The number of pyridine rings is 1. The Balaban J connectivity index is 2.41. The number of fused-ring (bicyclic) bond motifs is 1. The van der Waals surface area contributed by atoms with Gasteiger partial charge in [-0.25, -0.2) is 0 Å². The maximum atomic E-state index is 13.3. The van der Waals surface area contributed by atoms with E-state index >= 15 is 0 Å². The van der Waals surface area contributed by atoms with Gasteiger partial charge in [-0.15, -0.1) is 0 Å². The van der Waals surface area contributed by atoms with Crippen LogP contribution in [-0.4, -0.2) is 4.57 Å². The predicted molar refractivity (Wildman–Crippen MR) is 98.4 cm³/mol. The molecular weight excluding hydrogens is 300 g/mol. The van der Waals surface area contributed by atoms with Crippen LogP contribution in [0.5, 0.6) is 0 Å². The number of nitrogens with one attached hydrogen (secondary N) is 1. The first-order valence-corrected chi connectivity index (χ1v) is 7.82. The van der Waals surface area contributed by atoms with Crippen molar-refractivity contribution in [3.8, 4) is 5.69 Å². The highest BCUT2D eigenvalue weighted by molar-refractivity contribution is 5.93. The van der Waals surface area contributed by atoms with Crippen LogP contribution in [0.4, 0.5) is 0 Å². The van der Waals surface area contributed by atoms with Crippen LogP contribution < -0.4 is 22.6 Å². The van der Waals surface area contributed by atoms with E-state index in [-0.39, 0.29) is 5.56 Å². The summed E-state index contributed by atoms with van der Waals surface area (Å²) < 4.78 is 1.75. The molecule has 0 saturated heterocycles. The lowest BCUT2D eigenvalue weighted by molar-refractivity contribution is 0.888. The lowest BCUT2D eigenvalue weighted by Crippen LogP contribution is -2.23. The van der Waals surface area contributed by atoms with Crippen LogP contribution in [0.15, 0.2) is 65.6 Å². The standard InChI is InChI=1S/C19H20N4O/c1-2-14-11-13-7-6-10-16(17(20)12-22-21)18(13)19(24)23(14)15-8-4-3-5-9-15/h3-12,22H,2,20-21H2,1H3/b17-12-. The molecule has 0 atom stereocenters. The van der Waals surface area contributed by atoms with E-state index in [0.29, 0.717) is 16.6 Å². The molecule has 3 aromatic rings. The summed E-state index contributed by atoms with van der Waals surface area (Å²) in [6.45, 7) is 2.04. The van der Waals surface area contributed by atoms with Crippen molar-refractivity contribution in [3.63, 3.8) is 0 Å². The van der Waals surface area contributed by atoms with Gasteiger partial charge in [0.25, 0.3) is 5.56 Å². The van der Waals surface area contributed by atoms with Gasteiger partial charge in [0.1, 0.15) is 0 Å². The number of benzene rings is 2. The van der Waals surface area contributed by atoms with Crippen LogP contribution in [0.3, 0.4) is 0 Å². The molecule has 0 saturated carbocycles. The fourth-order valence-corrected chi connectivity index (χ4v) is 2.94. The van der Waals surface area contributed by atoms with E-state index < -0.39 is 0 Å². The van der Waals surface area contributed by atoms with E-state index in [1.807, 2.05) is 61.5 Å². The van der Waals surface area contributed by atoms with E-state index in [4.69, 9.17) is 11.6 Å². The number of hydrogen-bond donors (Lipinski definition) is 3. The van der Waals surface area contributed by atoms with Crippen molar-refractivity contribution in [2.75, 3.05) is 0 Å². The molecule has 3 rings (SSSR count). The lowest BCUT2D eigenvalue weighted by atomic mass is 10.0. The molecule has 0 aliphatic rings. The second-order valence-corrected chi connectivity index (χ2v) is 5.50. The van der Waals surface area contributed by atoms with E-state index in [9.17, 15) is 4.79 Å². The zero-order valence-electron chi connectivity index (χ0n) is 13.5. The summed E-state index contributed by atoms with van der Waals surface area (Å²) in [5, 5.41) is 1.46. The molecule has 0 unspecified atom stereocenters. The number of aromatic nitrogens is 1. The van der Waals surface area contributed by atoms with Gasteiger partial charge < -0.3 is 11.2 Å². The van der Waals surface area contributed by atoms with Crippen LogP contribution in [0.1, 0.15) is 18.2 Å². The van der Waals surface area contributed by atoms with Crippen molar-refractivity contribution in [1.82, 2.24) is 9.99 Å². The molecular formula is C19H20N4O. The average Bonchev–Trinajstić information content (AvgIpc) is 2.61. The highest BCUT2D eigenvalue weighted by Crippen LogP contribution is 2.22. The van der Waals surface area contributed by atoms with Crippen molar-refractivity contribution in [1.29, 1.82) is 0 Å². The minimum atomic E-state index is -0.0838. The first kappa shape index (κ1) is 15.8. The number of nitrogens with two attached hydrogens (primary N) is 2. The van der Waals surface area contributed by atoms with Gasteiger partial charge in [0.05, 0.1) is 11.1 Å². The molecule has 5 heteroatoms. The maximum absolute atomic E-state index is 13.3. The molecule has 5 nitrogen and oxygen atoms in total. The quantitative estimate of drug-likeness (QED) is 0.508. The Morgan fingerprint density at radius 1 is 1.17 bits per heavy atom. The molecule has 2 aromatic carbocycles. The molecule has 0 amide bonds. The third-order valence-electron chi connectivity index (χ3n) is 4.05. The molecule has 1 heterocycles. The Hall–Kier alpha value is -3.05. The van der Waals surface area contributed by atoms with Crippen molar-refractivity contribution in [3.05, 3.63) is 82.4 Å².